The summed E-state index contributed by atoms with van der Waals surface area (Å²) in [5.74, 6) is 0.932. The van der Waals surface area contributed by atoms with Crippen molar-refractivity contribution in [1.29, 1.82) is 0 Å². The van der Waals surface area contributed by atoms with Crippen LogP contribution in [0.15, 0.2) is 51.7 Å². The second kappa shape index (κ2) is 5.44. The molecule has 0 fully saturated rings. The fourth-order valence-electron chi connectivity index (χ4n) is 2.32. The predicted octanol–water partition coefficient (Wildman–Crippen LogP) is 3.18. The Labute approximate surface area is 126 Å². The first-order valence-electron chi connectivity index (χ1n) is 6.63. The van der Waals surface area contributed by atoms with Gasteiger partial charge in [-0.25, -0.2) is 0 Å². The minimum absolute atomic E-state index is 0.0548. The number of phenols is 1. The first-order valence-corrected chi connectivity index (χ1v) is 6.63. The zero-order chi connectivity index (χ0) is 15.7. The smallest absolute Gasteiger partial charge is 0.238 e. The molecule has 0 atom stereocenters. The van der Waals surface area contributed by atoms with E-state index in [9.17, 15) is 9.90 Å². The van der Waals surface area contributed by atoms with Crippen LogP contribution in [0.5, 0.6) is 17.2 Å². The van der Waals surface area contributed by atoms with Crippen molar-refractivity contribution in [2.75, 3.05) is 14.2 Å². The summed E-state index contributed by atoms with van der Waals surface area (Å²) >= 11 is 0. The molecule has 0 unspecified atom stereocenters. The zero-order valence-corrected chi connectivity index (χ0v) is 12.1. The summed E-state index contributed by atoms with van der Waals surface area (Å²) in [7, 11) is 2.97. The van der Waals surface area contributed by atoms with Gasteiger partial charge in [0.2, 0.25) is 11.2 Å². The highest BCUT2D eigenvalue weighted by molar-refractivity contribution is 5.86. The summed E-state index contributed by atoms with van der Waals surface area (Å²) in [5.41, 5.74) is 0.573. The van der Waals surface area contributed by atoms with Crippen LogP contribution < -0.4 is 14.9 Å². The summed E-state index contributed by atoms with van der Waals surface area (Å²) in [4.78, 5) is 12.5. The standard InChI is InChI=1S/C17H14O5/c1-20-11-8-6-10(7-9-11)16-17(21-2)15(19)14-12(18)4-3-5-13(14)22-16/h3-9,18H,1-2H3. The fraction of sp³-hybridized carbons (Fsp3) is 0.118. The van der Waals surface area contributed by atoms with Gasteiger partial charge in [0.1, 0.15) is 22.5 Å². The van der Waals surface area contributed by atoms with Crippen LogP contribution in [0, 0.1) is 0 Å². The lowest BCUT2D eigenvalue weighted by molar-refractivity contribution is 0.397. The van der Waals surface area contributed by atoms with Gasteiger partial charge in [0.25, 0.3) is 0 Å². The maximum Gasteiger partial charge on any atom is 0.238 e. The van der Waals surface area contributed by atoms with Crippen molar-refractivity contribution in [3.63, 3.8) is 0 Å². The van der Waals surface area contributed by atoms with Crippen molar-refractivity contribution in [2.45, 2.75) is 0 Å². The number of fused-ring (bicyclic) bond motifs is 1. The summed E-state index contributed by atoms with van der Waals surface area (Å²) < 4.78 is 16.1. The largest absolute Gasteiger partial charge is 0.507 e. The van der Waals surface area contributed by atoms with Gasteiger partial charge in [-0.15, -0.1) is 0 Å². The van der Waals surface area contributed by atoms with Crippen molar-refractivity contribution in [3.8, 4) is 28.6 Å². The van der Waals surface area contributed by atoms with Crippen LogP contribution in [-0.2, 0) is 0 Å². The van der Waals surface area contributed by atoms with Gasteiger partial charge in [-0.2, -0.15) is 0 Å². The van der Waals surface area contributed by atoms with Gasteiger partial charge in [-0.3, -0.25) is 4.79 Å². The second-order valence-electron chi connectivity index (χ2n) is 4.67. The Balaban J connectivity index is 2.31. The van der Waals surface area contributed by atoms with Crippen molar-refractivity contribution in [3.05, 3.63) is 52.7 Å². The molecule has 5 heteroatoms. The number of benzene rings is 2. The van der Waals surface area contributed by atoms with Gasteiger partial charge in [0, 0.05) is 5.56 Å². The Bertz CT molecular complexity index is 878. The van der Waals surface area contributed by atoms with Crippen LogP contribution >= 0.6 is 0 Å². The topological polar surface area (TPSA) is 68.9 Å². The van der Waals surface area contributed by atoms with Crippen molar-refractivity contribution in [1.82, 2.24) is 0 Å². The summed E-state index contributed by atoms with van der Waals surface area (Å²) in [5, 5.41) is 9.98. The highest BCUT2D eigenvalue weighted by Crippen LogP contribution is 2.33. The predicted molar refractivity (Wildman–Crippen MR) is 82.7 cm³/mol. The Morgan fingerprint density at radius 2 is 1.73 bits per heavy atom. The molecule has 1 heterocycles. The molecule has 0 spiro atoms. The van der Waals surface area contributed by atoms with E-state index >= 15 is 0 Å². The van der Waals surface area contributed by atoms with Gasteiger partial charge in [-0.1, -0.05) is 6.07 Å². The average Bonchev–Trinajstić information content (AvgIpc) is 2.54. The quantitative estimate of drug-likeness (QED) is 0.804. The van der Waals surface area contributed by atoms with Crippen LogP contribution in [0.25, 0.3) is 22.3 Å². The number of phenolic OH excluding ortho intramolecular Hbond substituents is 1. The maximum absolute atomic E-state index is 12.5. The molecule has 0 aliphatic heterocycles. The molecule has 1 aromatic heterocycles. The van der Waals surface area contributed by atoms with E-state index in [4.69, 9.17) is 13.9 Å². The van der Waals surface area contributed by atoms with E-state index in [1.807, 2.05) is 0 Å². The molecule has 5 nitrogen and oxygen atoms in total. The van der Waals surface area contributed by atoms with E-state index in [0.29, 0.717) is 22.7 Å². The van der Waals surface area contributed by atoms with Crippen LogP contribution in [0.4, 0.5) is 0 Å². The zero-order valence-electron chi connectivity index (χ0n) is 12.1. The second-order valence-corrected chi connectivity index (χ2v) is 4.67. The highest BCUT2D eigenvalue weighted by Gasteiger charge is 2.18. The van der Waals surface area contributed by atoms with Crippen LogP contribution in [0.1, 0.15) is 0 Å². The average molecular weight is 298 g/mol. The van der Waals surface area contributed by atoms with Gasteiger partial charge in [-0.05, 0) is 36.4 Å². The lowest BCUT2D eigenvalue weighted by atomic mass is 10.1. The van der Waals surface area contributed by atoms with E-state index in [0.717, 1.165) is 0 Å². The molecule has 22 heavy (non-hydrogen) atoms. The number of hydrogen-bond donors (Lipinski definition) is 1. The highest BCUT2D eigenvalue weighted by atomic mass is 16.5. The SMILES string of the molecule is COc1ccc(-c2oc3cccc(O)c3c(=O)c2OC)cc1. The maximum atomic E-state index is 12.5. The molecule has 112 valence electrons. The summed E-state index contributed by atoms with van der Waals surface area (Å²) in [6, 6.07) is 11.8. The third kappa shape index (κ3) is 2.16. The third-order valence-corrected chi connectivity index (χ3v) is 3.41. The number of ether oxygens (including phenoxy) is 2. The first kappa shape index (κ1) is 14.0. The Morgan fingerprint density at radius 3 is 2.36 bits per heavy atom. The molecule has 0 radical (unpaired) electrons. The normalized spacial score (nSPS) is 10.6. The third-order valence-electron chi connectivity index (χ3n) is 3.41. The number of hydrogen-bond acceptors (Lipinski definition) is 5. The molecule has 0 bridgehead atoms. The van der Waals surface area contributed by atoms with Crippen LogP contribution in [0.2, 0.25) is 0 Å². The molecule has 3 rings (SSSR count). The monoisotopic (exact) mass is 298 g/mol. The number of aromatic hydroxyl groups is 1. The molecular formula is C17H14O5. The molecule has 0 saturated carbocycles. The van der Waals surface area contributed by atoms with Gasteiger partial charge < -0.3 is 19.0 Å². The number of methoxy groups -OCH3 is 2. The molecule has 0 aliphatic rings. The molecule has 0 amide bonds. The van der Waals surface area contributed by atoms with E-state index in [1.54, 1.807) is 43.5 Å². The van der Waals surface area contributed by atoms with Crippen molar-refractivity contribution < 1.29 is 19.0 Å². The van der Waals surface area contributed by atoms with Crippen molar-refractivity contribution >= 4 is 11.0 Å². The lowest BCUT2D eigenvalue weighted by Gasteiger charge is -2.10. The fourth-order valence-corrected chi connectivity index (χ4v) is 2.32. The van der Waals surface area contributed by atoms with E-state index in [1.165, 1.54) is 13.2 Å². The van der Waals surface area contributed by atoms with Crippen LogP contribution in [-0.4, -0.2) is 19.3 Å². The summed E-state index contributed by atoms with van der Waals surface area (Å²) in [6.07, 6.45) is 0. The minimum atomic E-state index is -0.410. The molecule has 2 aromatic carbocycles. The van der Waals surface area contributed by atoms with E-state index in [-0.39, 0.29) is 16.9 Å². The molecule has 1 N–H and O–H groups in total. The van der Waals surface area contributed by atoms with E-state index in [2.05, 4.69) is 0 Å². The first-order chi connectivity index (χ1) is 10.7. The van der Waals surface area contributed by atoms with E-state index < -0.39 is 5.43 Å². The molecule has 0 saturated heterocycles. The van der Waals surface area contributed by atoms with Gasteiger partial charge in [0.15, 0.2) is 5.76 Å². The summed E-state index contributed by atoms with van der Waals surface area (Å²) in [6.45, 7) is 0. The van der Waals surface area contributed by atoms with Crippen LogP contribution in [0.3, 0.4) is 0 Å². The number of rotatable bonds is 3. The minimum Gasteiger partial charge on any atom is -0.507 e. The Kier molecular flexibility index (Phi) is 3.47. The Hall–Kier alpha value is -2.95. The molecule has 0 aliphatic carbocycles. The molecular weight excluding hydrogens is 284 g/mol. The van der Waals surface area contributed by atoms with Gasteiger partial charge in [0.05, 0.1) is 14.2 Å². The van der Waals surface area contributed by atoms with Gasteiger partial charge >= 0.3 is 0 Å². The lowest BCUT2D eigenvalue weighted by Crippen LogP contribution is -2.07. The van der Waals surface area contributed by atoms with Crippen molar-refractivity contribution in [2.24, 2.45) is 0 Å². The Morgan fingerprint density at radius 1 is 1.00 bits per heavy atom. The molecule has 3 aromatic rings.